The highest BCUT2D eigenvalue weighted by molar-refractivity contribution is 5.78. The van der Waals surface area contributed by atoms with Crippen molar-refractivity contribution in [3.63, 3.8) is 0 Å². The Hall–Kier alpha value is -0.900. The van der Waals surface area contributed by atoms with E-state index in [2.05, 4.69) is 19.2 Å². The number of nitrogens with one attached hydrogen (secondary N) is 1. The number of amides is 1. The summed E-state index contributed by atoms with van der Waals surface area (Å²) in [6.45, 7) is 4.96. The summed E-state index contributed by atoms with van der Waals surface area (Å²) in [5.74, 6) is 0.600. The van der Waals surface area contributed by atoms with E-state index in [9.17, 15) is 14.7 Å². The molecule has 0 saturated heterocycles. The van der Waals surface area contributed by atoms with Crippen LogP contribution < -0.4 is 5.32 Å². The van der Waals surface area contributed by atoms with E-state index in [-0.39, 0.29) is 5.91 Å². The van der Waals surface area contributed by atoms with Gasteiger partial charge in [0.1, 0.15) is 5.78 Å². The molecule has 0 radical (unpaired) electrons. The molecule has 1 unspecified atom stereocenters. The minimum absolute atomic E-state index is 0.102. The van der Waals surface area contributed by atoms with Crippen LogP contribution in [-0.2, 0) is 9.59 Å². The van der Waals surface area contributed by atoms with E-state index in [1.54, 1.807) is 0 Å². The van der Waals surface area contributed by atoms with E-state index in [0.29, 0.717) is 18.7 Å². The summed E-state index contributed by atoms with van der Waals surface area (Å²) in [6.07, 6.45) is 49.6. The monoisotopic (exact) mass is 706 g/mol. The van der Waals surface area contributed by atoms with Crippen LogP contribution in [0, 0.1) is 0 Å². The van der Waals surface area contributed by atoms with Gasteiger partial charge >= 0.3 is 0 Å². The Kier molecular flexibility index (Phi) is 41.7. The standard InChI is InChI=1S/C46H91NO3/c1-3-5-7-9-11-13-14-15-17-21-25-29-33-37-41-45(49)43-47-46(50)42-38-34-30-26-22-19-16-18-20-24-28-32-36-40-44(48)39-35-31-27-23-12-10-8-6-4-2/h45,49H,3-43H2,1-2H3,(H,47,50). The zero-order chi connectivity index (χ0) is 36.4. The zero-order valence-electron chi connectivity index (χ0n) is 34.3. The highest BCUT2D eigenvalue weighted by Crippen LogP contribution is 2.16. The summed E-state index contributed by atoms with van der Waals surface area (Å²) in [4.78, 5) is 24.3. The number of ketones is 1. The molecular weight excluding hydrogens is 615 g/mol. The highest BCUT2D eigenvalue weighted by atomic mass is 16.3. The van der Waals surface area contributed by atoms with Crippen LogP contribution in [0.5, 0.6) is 0 Å². The number of aliphatic hydroxyl groups excluding tert-OH is 1. The number of aliphatic hydroxyl groups is 1. The summed E-state index contributed by atoms with van der Waals surface area (Å²) < 4.78 is 0. The van der Waals surface area contributed by atoms with Gasteiger partial charge in [-0.25, -0.2) is 0 Å². The molecule has 2 N–H and O–H groups in total. The lowest BCUT2D eigenvalue weighted by atomic mass is 10.0. The summed E-state index contributed by atoms with van der Waals surface area (Å²) in [6, 6.07) is 0. The molecule has 0 aromatic heterocycles. The predicted molar refractivity (Wildman–Crippen MR) is 220 cm³/mol. The van der Waals surface area contributed by atoms with Crippen LogP contribution in [0.3, 0.4) is 0 Å². The third-order valence-corrected chi connectivity index (χ3v) is 10.8. The van der Waals surface area contributed by atoms with Crippen molar-refractivity contribution in [3.8, 4) is 0 Å². The summed E-state index contributed by atoms with van der Waals surface area (Å²) in [5, 5.41) is 13.2. The first-order valence-electron chi connectivity index (χ1n) is 23.1. The van der Waals surface area contributed by atoms with E-state index in [1.807, 2.05) is 0 Å². The molecular formula is C46H91NO3. The molecule has 0 aliphatic rings. The fourth-order valence-electron chi connectivity index (χ4n) is 7.31. The minimum Gasteiger partial charge on any atom is -0.391 e. The van der Waals surface area contributed by atoms with Gasteiger partial charge in [-0.05, 0) is 25.7 Å². The van der Waals surface area contributed by atoms with Crippen molar-refractivity contribution >= 4 is 11.7 Å². The van der Waals surface area contributed by atoms with Gasteiger partial charge in [-0.3, -0.25) is 9.59 Å². The van der Waals surface area contributed by atoms with E-state index < -0.39 is 6.10 Å². The topological polar surface area (TPSA) is 66.4 Å². The van der Waals surface area contributed by atoms with Crippen molar-refractivity contribution in [2.45, 2.75) is 277 Å². The van der Waals surface area contributed by atoms with Crippen LogP contribution in [0.4, 0.5) is 0 Å². The van der Waals surface area contributed by atoms with Crippen molar-refractivity contribution < 1.29 is 14.7 Å². The van der Waals surface area contributed by atoms with Gasteiger partial charge in [0.2, 0.25) is 5.91 Å². The molecule has 4 nitrogen and oxygen atoms in total. The van der Waals surface area contributed by atoms with Crippen LogP contribution in [-0.4, -0.2) is 29.4 Å². The molecule has 0 rings (SSSR count). The van der Waals surface area contributed by atoms with Crippen LogP contribution in [0.25, 0.3) is 0 Å². The molecule has 0 aromatic rings. The van der Waals surface area contributed by atoms with Gasteiger partial charge in [-0.1, -0.05) is 226 Å². The van der Waals surface area contributed by atoms with Crippen LogP contribution in [0.15, 0.2) is 0 Å². The second-order valence-electron chi connectivity index (χ2n) is 16.1. The maximum absolute atomic E-state index is 12.2. The lowest BCUT2D eigenvalue weighted by Gasteiger charge is -2.12. The van der Waals surface area contributed by atoms with Gasteiger partial charge in [0, 0.05) is 25.8 Å². The average molecular weight is 706 g/mol. The van der Waals surface area contributed by atoms with Gasteiger partial charge < -0.3 is 10.4 Å². The second-order valence-corrected chi connectivity index (χ2v) is 16.1. The summed E-state index contributed by atoms with van der Waals surface area (Å²) in [5.41, 5.74) is 0. The Morgan fingerprint density at radius 3 is 0.960 bits per heavy atom. The quantitative estimate of drug-likeness (QED) is 0.0621. The smallest absolute Gasteiger partial charge is 0.220 e. The Morgan fingerprint density at radius 2 is 0.640 bits per heavy atom. The molecule has 0 aromatic carbocycles. The van der Waals surface area contributed by atoms with Crippen molar-refractivity contribution in [1.29, 1.82) is 0 Å². The lowest BCUT2D eigenvalue weighted by molar-refractivity contribution is -0.121. The van der Waals surface area contributed by atoms with Crippen LogP contribution in [0.2, 0.25) is 0 Å². The van der Waals surface area contributed by atoms with E-state index in [1.165, 1.54) is 199 Å². The minimum atomic E-state index is -0.397. The van der Waals surface area contributed by atoms with Crippen molar-refractivity contribution in [2.24, 2.45) is 0 Å². The second kappa shape index (κ2) is 42.5. The fourth-order valence-corrected chi connectivity index (χ4v) is 7.31. The molecule has 1 amide bonds. The predicted octanol–water partition coefficient (Wildman–Crippen LogP) is 14.7. The molecule has 0 spiro atoms. The Morgan fingerprint density at radius 1 is 0.380 bits per heavy atom. The fraction of sp³-hybridized carbons (Fsp3) is 0.957. The molecule has 0 fully saturated rings. The first kappa shape index (κ1) is 49.1. The van der Waals surface area contributed by atoms with Gasteiger partial charge in [-0.15, -0.1) is 0 Å². The van der Waals surface area contributed by atoms with Gasteiger partial charge in [-0.2, -0.15) is 0 Å². The van der Waals surface area contributed by atoms with Gasteiger partial charge in [0.25, 0.3) is 0 Å². The number of unbranched alkanes of at least 4 members (excludes halogenated alkanes) is 33. The van der Waals surface area contributed by atoms with Crippen molar-refractivity contribution in [2.75, 3.05) is 6.54 Å². The maximum atomic E-state index is 12.2. The first-order valence-corrected chi connectivity index (χ1v) is 23.1. The molecule has 4 heteroatoms. The summed E-state index contributed by atoms with van der Waals surface area (Å²) >= 11 is 0. The Balaban J connectivity index is 3.29. The molecule has 298 valence electrons. The molecule has 0 saturated carbocycles. The van der Waals surface area contributed by atoms with Crippen LogP contribution in [0.1, 0.15) is 271 Å². The summed E-state index contributed by atoms with van der Waals surface area (Å²) in [7, 11) is 0. The number of carbonyl (C=O) groups excluding carboxylic acids is 2. The molecule has 1 atom stereocenters. The third-order valence-electron chi connectivity index (χ3n) is 10.8. The van der Waals surface area contributed by atoms with E-state index >= 15 is 0 Å². The van der Waals surface area contributed by atoms with Gasteiger partial charge in [0.05, 0.1) is 6.10 Å². The zero-order valence-corrected chi connectivity index (χ0v) is 34.3. The molecule has 0 heterocycles. The van der Waals surface area contributed by atoms with E-state index in [0.717, 1.165) is 51.4 Å². The number of hydrogen-bond acceptors (Lipinski definition) is 3. The molecule has 0 aliphatic carbocycles. The number of rotatable bonds is 43. The van der Waals surface area contributed by atoms with E-state index in [4.69, 9.17) is 0 Å². The van der Waals surface area contributed by atoms with Crippen LogP contribution >= 0.6 is 0 Å². The Labute approximate surface area is 314 Å². The number of carbonyl (C=O) groups is 2. The molecule has 0 bridgehead atoms. The molecule has 50 heavy (non-hydrogen) atoms. The highest BCUT2D eigenvalue weighted by Gasteiger charge is 2.07. The lowest BCUT2D eigenvalue weighted by Crippen LogP contribution is -2.31. The maximum Gasteiger partial charge on any atom is 0.220 e. The van der Waals surface area contributed by atoms with Crippen molar-refractivity contribution in [1.82, 2.24) is 5.32 Å². The number of hydrogen-bond donors (Lipinski definition) is 2. The largest absolute Gasteiger partial charge is 0.391 e. The SMILES string of the molecule is CCCCCCCCCCCCCCCCC(O)CNC(=O)CCCCCCCCCCCCCCCC(=O)CCCCCCCCCCC. The first-order chi connectivity index (χ1) is 24.6. The molecule has 0 aliphatic heterocycles. The average Bonchev–Trinajstić information content (AvgIpc) is 3.11. The van der Waals surface area contributed by atoms with Gasteiger partial charge in [0.15, 0.2) is 0 Å². The number of Topliss-reactive ketones (excluding diaryl/α,β-unsaturated/α-hetero) is 1. The normalized spacial score (nSPS) is 12.1. The third kappa shape index (κ3) is 41.5. The van der Waals surface area contributed by atoms with Crippen molar-refractivity contribution in [3.05, 3.63) is 0 Å². The Bertz CT molecular complexity index is 680.